The van der Waals surface area contributed by atoms with Gasteiger partial charge in [0.15, 0.2) is 0 Å². The Kier molecular flexibility index (Phi) is 4.68. The van der Waals surface area contributed by atoms with E-state index in [1.807, 2.05) is 20.8 Å². The molecule has 0 aliphatic rings. The molecule has 0 aliphatic heterocycles. The Morgan fingerprint density at radius 2 is 2.13 bits per heavy atom. The van der Waals surface area contributed by atoms with Crippen LogP contribution in [-0.4, -0.2) is 32.2 Å². The van der Waals surface area contributed by atoms with Crippen molar-refractivity contribution in [2.24, 2.45) is 0 Å². The maximum absolute atomic E-state index is 11.2. The molecule has 0 spiro atoms. The Morgan fingerprint density at radius 3 is 2.73 bits per heavy atom. The molecule has 0 amide bonds. The fourth-order valence-corrected chi connectivity index (χ4v) is 1.68. The van der Waals surface area contributed by atoms with Gasteiger partial charge in [-0.1, -0.05) is 6.92 Å². The van der Waals surface area contributed by atoms with Crippen LogP contribution in [0.4, 0.5) is 5.82 Å². The molecule has 1 rings (SSSR count). The van der Waals surface area contributed by atoms with Crippen molar-refractivity contribution in [1.29, 1.82) is 0 Å². The van der Waals surface area contributed by atoms with Gasteiger partial charge in [0.1, 0.15) is 5.82 Å². The Balaban J connectivity index is 2.44. The molecule has 0 fully saturated rings. The molecule has 0 saturated heterocycles. The van der Waals surface area contributed by atoms with Crippen molar-refractivity contribution >= 4 is 16.6 Å². The molecule has 15 heavy (non-hydrogen) atoms. The van der Waals surface area contributed by atoms with Crippen molar-refractivity contribution < 1.29 is 4.21 Å². The molecular formula is C10H17N3OS. The lowest BCUT2D eigenvalue weighted by Gasteiger charge is -2.06. The topological polar surface area (TPSA) is 54.9 Å². The molecular weight excluding hydrogens is 210 g/mol. The van der Waals surface area contributed by atoms with Gasteiger partial charge in [-0.05, 0) is 13.8 Å². The van der Waals surface area contributed by atoms with E-state index in [4.69, 9.17) is 0 Å². The Hall–Kier alpha value is -0.970. The highest BCUT2D eigenvalue weighted by molar-refractivity contribution is 7.84. The summed E-state index contributed by atoms with van der Waals surface area (Å²) in [5.74, 6) is 2.12. The molecule has 1 N–H and O–H groups in total. The molecule has 5 heteroatoms. The molecule has 0 bridgehead atoms. The highest BCUT2D eigenvalue weighted by Gasteiger charge is 1.99. The Bertz CT molecular complexity index is 355. The number of nitrogens with one attached hydrogen (secondary N) is 1. The summed E-state index contributed by atoms with van der Waals surface area (Å²) in [5.41, 5.74) is 1.87. The van der Waals surface area contributed by atoms with E-state index in [0.717, 1.165) is 17.2 Å². The number of anilines is 1. The van der Waals surface area contributed by atoms with E-state index in [-0.39, 0.29) is 0 Å². The van der Waals surface area contributed by atoms with Crippen LogP contribution in [0, 0.1) is 13.8 Å². The number of hydrogen-bond acceptors (Lipinski definition) is 4. The van der Waals surface area contributed by atoms with E-state index in [1.165, 1.54) is 0 Å². The van der Waals surface area contributed by atoms with E-state index in [2.05, 4.69) is 15.3 Å². The lowest BCUT2D eigenvalue weighted by Crippen LogP contribution is -2.13. The number of aromatic nitrogens is 2. The van der Waals surface area contributed by atoms with E-state index >= 15 is 0 Å². The third-order valence-corrected chi connectivity index (χ3v) is 3.45. The summed E-state index contributed by atoms with van der Waals surface area (Å²) < 4.78 is 11.2. The molecule has 1 unspecified atom stereocenters. The molecule has 1 atom stereocenters. The monoisotopic (exact) mass is 227 g/mol. The fraction of sp³-hybridized carbons (Fsp3) is 0.600. The van der Waals surface area contributed by atoms with E-state index < -0.39 is 10.8 Å². The predicted molar refractivity (Wildman–Crippen MR) is 63.5 cm³/mol. The maximum atomic E-state index is 11.2. The predicted octanol–water partition coefficient (Wildman–Crippen LogP) is 1.27. The highest BCUT2D eigenvalue weighted by atomic mass is 32.2. The minimum atomic E-state index is -0.721. The number of rotatable bonds is 5. The molecule has 0 aromatic carbocycles. The Labute approximate surface area is 93.0 Å². The van der Waals surface area contributed by atoms with Gasteiger partial charge in [0, 0.05) is 28.9 Å². The third-order valence-electron chi connectivity index (χ3n) is 2.15. The number of aryl methyl sites for hydroxylation is 2. The molecule has 4 nitrogen and oxygen atoms in total. The molecule has 1 heterocycles. The summed E-state index contributed by atoms with van der Waals surface area (Å²) in [5, 5.41) is 3.11. The van der Waals surface area contributed by atoms with E-state index in [1.54, 1.807) is 6.20 Å². The summed E-state index contributed by atoms with van der Waals surface area (Å²) in [7, 11) is -0.721. The average molecular weight is 227 g/mol. The molecule has 84 valence electrons. The van der Waals surface area contributed by atoms with E-state index in [9.17, 15) is 4.21 Å². The van der Waals surface area contributed by atoms with Gasteiger partial charge in [-0.3, -0.25) is 9.19 Å². The van der Waals surface area contributed by atoms with E-state index in [0.29, 0.717) is 18.1 Å². The van der Waals surface area contributed by atoms with Gasteiger partial charge >= 0.3 is 0 Å². The smallest absolute Gasteiger partial charge is 0.144 e. The van der Waals surface area contributed by atoms with Crippen LogP contribution < -0.4 is 5.32 Å². The van der Waals surface area contributed by atoms with Gasteiger partial charge in [-0.2, -0.15) is 0 Å². The first kappa shape index (κ1) is 12.1. The zero-order valence-corrected chi connectivity index (χ0v) is 10.2. The number of hydrogen-bond donors (Lipinski definition) is 1. The molecule has 0 saturated carbocycles. The van der Waals surface area contributed by atoms with Crippen LogP contribution in [0.3, 0.4) is 0 Å². The molecule has 1 aromatic rings. The van der Waals surface area contributed by atoms with Crippen LogP contribution in [0.2, 0.25) is 0 Å². The minimum absolute atomic E-state index is 0.658. The van der Waals surface area contributed by atoms with Gasteiger partial charge in [0.25, 0.3) is 0 Å². The van der Waals surface area contributed by atoms with Crippen LogP contribution >= 0.6 is 0 Å². The first-order valence-electron chi connectivity index (χ1n) is 5.02. The zero-order chi connectivity index (χ0) is 11.3. The molecule has 0 radical (unpaired) electrons. The molecule has 1 aromatic heterocycles. The second kappa shape index (κ2) is 5.80. The van der Waals surface area contributed by atoms with Gasteiger partial charge < -0.3 is 5.32 Å². The highest BCUT2D eigenvalue weighted by Crippen LogP contribution is 2.04. The fourth-order valence-electron chi connectivity index (χ4n) is 1.06. The van der Waals surface area contributed by atoms with Crippen molar-refractivity contribution in [3.8, 4) is 0 Å². The first-order valence-corrected chi connectivity index (χ1v) is 6.51. The second-order valence-electron chi connectivity index (χ2n) is 3.29. The van der Waals surface area contributed by atoms with Crippen molar-refractivity contribution in [2.75, 3.05) is 23.4 Å². The van der Waals surface area contributed by atoms with Crippen molar-refractivity contribution in [2.45, 2.75) is 20.8 Å². The summed E-state index contributed by atoms with van der Waals surface area (Å²) in [6, 6.07) is 0. The lowest BCUT2D eigenvalue weighted by atomic mass is 10.3. The van der Waals surface area contributed by atoms with Crippen LogP contribution in [0.5, 0.6) is 0 Å². The van der Waals surface area contributed by atoms with Gasteiger partial charge in [-0.25, -0.2) is 4.98 Å². The standard InChI is InChI=1S/C10H17N3OS/c1-4-15(14)6-5-11-10-7-12-8(2)9(3)13-10/h7H,4-6H2,1-3H3,(H,11,13). The Morgan fingerprint density at radius 1 is 1.40 bits per heavy atom. The SMILES string of the molecule is CCS(=O)CCNc1cnc(C)c(C)n1. The number of nitrogens with zero attached hydrogens (tertiary/aromatic N) is 2. The normalized spacial score (nSPS) is 12.5. The van der Waals surface area contributed by atoms with Gasteiger partial charge in [0.2, 0.25) is 0 Å². The first-order chi connectivity index (χ1) is 7.13. The summed E-state index contributed by atoms with van der Waals surface area (Å²) in [6.07, 6.45) is 1.71. The van der Waals surface area contributed by atoms with Crippen molar-refractivity contribution in [1.82, 2.24) is 9.97 Å². The summed E-state index contributed by atoms with van der Waals surface area (Å²) in [6.45, 7) is 6.46. The van der Waals surface area contributed by atoms with Crippen LogP contribution in [0.25, 0.3) is 0 Å². The van der Waals surface area contributed by atoms with Gasteiger partial charge in [0.05, 0.1) is 17.6 Å². The summed E-state index contributed by atoms with van der Waals surface area (Å²) >= 11 is 0. The second-order valence-corrected chi connectivity index (χ2v) is 5.15. The maximum Gasteiger partial charge on any atom is 0.144 e. The lowest BCUT2D eigenvalue weighted by molar-refractivity contribution is 0.684. The summed E-state index contributed by atoms with van der Waals surface area (Å²) in [4.78, 5) is 8.52. The molecule has 0 aliphatic carbocycles. The third kappa shape index (κ3) is 3.95. The average Bonchev–Trinajstić information content (AvgIpc) is 2.23. The van der Waals surface area contributed by atoms with Crippen LogP contribution in [0.1, 0.15) is 18.3 Å². The van der Waals surface area contributed by atoms with Crippen LogP contribution in [0.15, 0.2) is 6.20 Å². The van der Waals surface area contributed by atoms with Crippen molar-refractivity contribution in [3.63, 3.8) is 0 Å². The van der Waals surface area contributed by atoms with Crippen LogP contribution in [-0.2, 0) is 10.8 Å². The quantitative estimate of drug-likeness (QED) is 0.823. The minimum Gasteiger partial charge on any atom is -0.368 e. The largest absolute Gasteiger partial charge is 0.368 e. The van der Waals surface area contributed by atoms with Crippen molar-refractivity contribution in [3.05, 3.63) is 17.6 Å². The zero-order valence-electron chi connectivity index (χ0n) is 9.41. The van der Waals surface area contributed by atoms with Gasteiger partial charge in [-0.15, -0.1) is 0 Å².